The van der Waals surface area contributed by atoms with Crippen LogP contribution in [0.15, 0.2) is 24.3 Å². The molecule has 3 nitrogen and oxygen atoms in total. The van der Waals surface area contributed by atoms with Crippen LogP contribution in [0.4, 0.5) is 4.39 Å². The number of nitrogens with zero attached hydrogens (tertiary/aromatic N) is 1. The van der Waals surface area contributed by atoms with Crippen molar-refractivity contribution in [2.24, 2.45) is 5.73 Å². The van der Waals surface area contributed by atoms with E-state index in [0.717, 1.165) is 5.56 Å². The second-order valence-corrected chi connectivity index (χ2v) is 3.44. The zero-order valence-corrected chi connectivity index (χ0v) is 8.90. The Morgan fingerprint density at radius 1 is 1.47 bits per heavy atom. The molecular formula is C11H15FN2O. The van der Waals surface area contributed by atoms with E-state index in [4.69, 9.17) is 5.73 Å². The zero-order chi connectivity index (χ0) is 11.4. The highest BCUT2D eigenvalue weighted by molar-refractivity contribution is 5.78. The lowest BCUT2D eigenvalue weighted by molar-refractivity contribution is -0.130. The predicted molar refractivity (Wildman–Crippen MR) is 56.6 cm³/mol. The summed E-state index contributed by atoms with van der Waals surface area (Å²) in [6, 6.07) is 6.00. The highest BCUT2D eigenvalue weighted by Crippen LogP contribution is 2.18. The second kappa shape index (κ2) is 4.89. The molecule has 4 heteroatoms. The quantitative estimate of drug-likeness (QED) is 0.817. The van der Waals surface area contributed by atoms with E-state index in [1.54, 1.807) is 24.1 Å². The van der Waals surface area contributed by atoms with Crippen LogP contribution in [-0.4, -0.2) is 24.4 Å². The van der Waals surface area contributed by atoms with Crippen molar-refractivity contribution < 1.29 is 9.18 Å². The molecule has 0 aliphatic rings. The molecular weight excluding hydrogens is 195 g/mol. The molecule has 0 bridgehead atoms. The van der Waals surface area contributed by atoms with E-state index >= 15 is 0 Å². The van der Waals surface area contributed by atoms with Gasteiger partial charge in [0.25, 0.3) is 0 Å². The van der Waals surface area contributed by atoms with E-state index in [9.17, 15) is 9.18 Å². The lowest BCUT2D eigenvalue weighted by Gasteiger charge is -2.24. The van der Waals surface area contributed by atoms with Crippen molar-refractivity contribution >= 4 is 5.91 Å². The topological polar surface area (TPSA) is 46.3 Å². The molecule has 0 heterocycles. The van der Waals surface area contributed by atoms with Gasteiger partial charge in [-0.05, 0) is 24.6 Å². The molecule has 0 unspecified atom stereocenters. The van der Waals surface area contributed by atoms with Gasteiger partial charge in [-0.3, -0.25) is 4.79 Å². The first kappa shape index (κ1) is 11.7. The van der Waals surface area contributed by atoms with Gasteiger partial charge in [-0.2, -0.15) is 0 Å². The lowest BCUT2D eigenvalue weighted by Crippen LogP contribution is -2.34. The fraction of sp³-hybridized carbons (Fsp3) is 0.364. The molecule has 1 atom stereocenters. The van der Waals surface area contributed by atoms with Gasteiger partial charge in [-0.25, -0.2) is 4.39 Å². The summed E-state index contributed by atoms with van der Waals surface area (Å²) in [6.07, 6.45) is 0. The van der Waals surface area contributed by atoms with Gasteiger partial charge in [0, 0.05) is 7.05 Å². The van der Waals surface area contributed by atoms with Gasteiger partial charge in [-0.15, -0.1) is 0 Å². The number of likely N-dealkylation sites (N-methyl/N-ethyl adjacent to an activating group) is 1. The fourth-order valence-corrected chi connectivity index (χ4v) is 1.32. The first-order chi connectivity index (χ1) is 7.06. The number of hydrogen-bond donors (Lipinski definition) is 1. The molecule has 0 fully saturated rings. The highest BCUT2D eigenvalue weighted by Gasteiger charge is 2.15. The molecule has 0 radical (unpaired) electrons. The second-order valence-electron chi connectivity index (χ2n) is 3.44. The van der Waals surface area contributed by atoms with Crippen molar-refractivity contribution in [3.05, 3.63) is 35.6 Å². The first-order valence-corrected chi connectivity index (χ1v) is 4.77. The van der Waals surface area contributed by atoms with Crippen molar-refractivity contribution in [2.75, 3.05) is 13.6 Å². The number of rotatable bonds is 3. The van der Waals surface area contributed by atoms with Gasteiger partial charge in [0.15, 0.2) is 0 Å². The Morgan fingerprint density at radius 3 is 2.47 bits per heavy atom. The molecule has 0 aromatic heterocycles. The molecule has 15 heavy (non-hydrogen) atoms. The maximum atomic E-state index is 12.7. The smallest absolute Gasteiger partial charge is 0.236 e. The van der Waals surface area contributed by atoms with Gasteiger partial charge >= 0.3 is 0 Å². The van der Waals surface area contributed by atoms with E-state index in [1.807, 2.05) is 6.92 Å². The molecule has 82 valence electrons. The molecule has 0 spiro atoms. The third-order valence-corrected chi connectivity index (χ3v) is 2.50. The molecule has 0 aliphatic carbocycles. The van der Waals surface area contributed by atoms with Gasteiger partial charge in [0.2, 0.25) is 5.91 Å². The van der Waals surface area contributed by atoms with Gasteiger partial charge in [0.05, 0.1) is 12.6 Å². The molecule has 1 amide bonds. The molecule has 1 aromatic rings. The minimum Gasteiger partial charge on any atom is -0.338 e. The van der Waals surface area contributed by atoms with Crippen LogP contribution >= 0.6 is 0 Å². The van der Waals surface area contributed by atoms with Crippen molar-refractivity contribution in [3.63, 3.8) is 0 Å². The average molecular weight is 210 g/mol. The molecule has 0 saturated heterocycles. The lowest BCUT2D eigenvalue weighted by atomic mass is 10.1. The zero-order valence-electron chi connectivity index (χ0n) is 8.90. The highest BCUT2D eigenvalue weighted by atomic mass is 19.1. The maximum absolute atomic E-state index is 12.7. The van der Waals surface area contributed by atoms with Crippen molar-refractivity contribution in [2.45, 2.75) is 13.0 Å². The molecule has 2 N–H and O–H groups in total. The summed E-state index contributed by atoms with van der Waals surface area (Å²) in [7, 11) is 1.68. The SMILES string of the molecule is C[C@@H](c1ccc(F)cc1)N(C)C(=O)CN. The van der Waals surface area contributed by atoms with Crippen LogP contribution in [-0.2, 0) is 4.79 Å². The summed E-state index contributed by atoms with van der Waals surface area (Å²) in [5.41, 5.74) is 6.15. The third-order valence-electron chi connectivity index (χ3n) is 2.50. The van der Waals surface area contributed by atoms with Crippen LogP contribution in [0.25, 0.3) is 0 Å². The van der Waals surface area contributed by atoms with E-state index in [2.05, 4.69) is 0 Å². The van der Waals surface area contributed by atoms with Crippen LogP contribution in [0.3, 0.4) is 0 Å². The predicted octanol–water partition coefficient (Wildman–Crippen LogP) is 1.30. The number of benzene rings is 1. The van der Waals surface area contributed by atoms with E-state index in [-0.39, 0.29) is 24.3 Å². The van der Waals surface area contributed by atoms with Crippen molar-refractivity contribution in [1.82, 2.24) is 4.90 Å². The van der Waals surface area contributed by atoms with E-state index < -0.39 is 0 Å². The molecule has 1 aromatic carbocycles. The van der Waals surface area contributed by atoms with Crippen molar-refractivity contribution in [1.29, 1.82) is 0 Å². The summed E-state index contributed by atoms with van der Waals surface area (Å²) in [4.78, 5) is 12.9. The number of carbonyl (C=O) groups is 1. The standard InChI is InChI=1S/C11H15FN2O/c1-8(14(2)11(15)7-13)9-3-5-10(12)6-4-9/h3-6,8H,7,13H2,1-2H3/t8-/m0/s1. The van der Waals surface area contributed by atoms with Gasteiger partial charge < -0.3 is 10.6 Å². The Balaban J connectivity index is 2.80. The Bertz CT molecular complexity index is 337. The summed E-state index contributed by atoms with van der Waals surface area (Å²) >= 11 is 0. The number of carbonyl (C=O) groups excluding carboxylic acids is 1. The summed E-state index contributed by atoms with van der Waals surface area (Å²) < 4.78 is 12.7. The van der Waals surface area contributed by atoms with E-state index in [1.165, 1.54) is 12.1 Å². The first-order valence-electron chi connectivity index (χ1n) is 4.77. The molecule has 0 aliphatic heterocycles. The molecule has 1 rings (SSSR count). The third kappa shape index (κ3) is 2.76. The minimum absolute atomic E-state index is 0.0119. The number of halogens is 1. The largest absolute Gasteiger partial charge is 0.338 e. The van der Waals surface area contributed by atoms with Gasteiger partial charge in [0.1, 0.15) is 5.82 Å². The Hall–Kier alpha value is -1.42. The van der Waals surface area contributed by atoms with Crippen LogP contribution in [0.2, 0.25) is 0 Å². The van der Waals surface area contributed by atoms with Crippen LogP contribution in [0.1, 0.15) is 18.5 Å². The summed E-state index contributed by atoms with van der Waals surface area (Å²) in [5.74, 6) is -0.412. The molecule has 0 saturated carbocycles. The monoisotopic (exact) mass is 210 g/mol. The number of amides is 1. The van der Waals surface area contributed by atoms with Crippen LogP contribution < -0.4 is 5.73 Å². The van der Waals surface area contributed by atoms with Gasteiger partial charge in [-0.1, -0.05) is 12.1 Å². The number of hydrogen-bond acceptors (Lipinski definition) is 2. The Labute approximate surface area is 88.7 Å². The van der Waals surface area contributed by atoms with Crippen molar-refractivity contribution in [3.8, 4) is 0 Å². The minimum atomic E-state index is -0.279. The Kier molecular flexibility index (Phi) is 3.80. The van der Waals surface area contributed by atoms with Crippen LogP contribution in [0.5, 0.6) is 0 Å². The van der Waals surface area contributed by atoms with E-state index in [0.29, 0.717) is 0 Å². The normalized spacial score (nSPS) is 12.3. The number of nitrogens with two attached hydrogens (primary N) is 1. The summed E-state index contributed by atoms with van der Waals surface area (Å²) in [5, 5.41) is 0. The summed E-state index contributed by atoms with van der Waals surface area (Å²) in [6.45, 7) is 1.86. The Morgan fingerprint density at radius 2 is 2.00 bits per heavy atom. The maximum Gasteiger partial charge on any atom is 0.236 e. The average Bonchev–Trinajstić information content (AvgIpc) is 2.27. The van der Waals surface area contributed by atoms with Crippen LogP contribution in [0, 0.1) is 5.82 Å². The fourth-order valence-electron chi connectivity index (χ4n) is 1.32.